The van der Waals surface area contributed by atoms with Gasteiger partial charge in [-0.3, -0.25) is 9.59 Å². The van der Waals surface area contributed by atoms with Gasteiger partial charge in [0.15, 0.2) is 0 Å². The molecule has 0 aromatic heterocycles. The average molecular weight is 278 g/mol. The van der Waals surface area contributed by atoms with Gasteiger partial charge in [-0.05, 0) is 23.3 Å². The normalized spacial score (nSPS) is 14.7. The SMILES string of the molecule is NCC(=O)N1C(=O)c2ccccc2/C=C\c2ccccc21. The van der Waals surface area contributed by atoms with Crippen LogP contribution in [0.25, 0.3) is 12.2 Å². The van der Waals surface area contributed by atoms with E-state index in [0.29, 0.717) is 11.3 Å². The van der Waals surface area contributed by atoms with Crippen molar-refractivity contribution in [1.29, 1.82) is 0 Å². The zero-order valence-corrected chi connectivity index (χ0v) is 11.3. The van der Waals surface area contributed by atoms with E-state index in [1.165, 1.54) is 0 Å². The average Bonchev–Trinajstić information content (AvgIpc) is 2.52. The highest BCUT2D eigenvalue weighted by atomic mass is 16.2. The Morgan fingerprint density at radius 2 is 1.57 bits per heavy atom. The Bertz CT molecular complexity index is 750. The van der Waals surface area contributed by atoms with Crippen molar-refractivity contribution in [3.05, 3.63) is 65.2 Å². The quantitative estimate of drug-likeness (QED) is 0.870. The molecule has 104 valence electrons. The van der Waals surface area contributed by atoms with Gasteiger partial charge in [-0.2, -0.15) is 0 Å². The minimum absolute atomic E-state index is 0.216. The van der Waals surface area contributed by atoms with Crippen molar-refractivity contribution in [2.75, 3.05) is 11.4 Å². The Morgan fingerprint density at radius 1 is 0.952 bits per heavy atom. The van der Waals surface area contributed by atoms with Crippen LogP contribution in [0.15, 0.2) is 48.5 Å². The largest absolute Gasteiger partial charge is 0.322 e. The number of nitrogens with two attached hydrogens (primary N) is 1. The molecule has 0 unspecified atom stereocenters. The predicted octanol–water partition coefficient (Wildman–Crippen LogP) is 2.30. The van der Waals surface area contributed by atoms with Crippen LogP contribution in [-0.4, -0.2) is 18.4 Å². The summed E-state index contributed by atoms with van der Waals surface area (Å²) in [5.74, 6) is -0.768. The summed E-state index contributed by atoms with van der Waals surface area (Å²) in [6.07, 6.45) is 3.79. The molecular weight excluding hydrogens is 264 g/mol. The number of nitrogens with zero attached hydrogens (tertiary/aromatic N) is 1. The fourth-order valence-electron chi connectivity index (χ4n) is 2.42. The molecule has 1 aliphatic rings. The fraction of sp³-hybridized carbons (Fsp3) is 0.0588. The van der Waals surface area contributed by atoms with Crippen molar-refractivity contribution in [2.24, 2.45) is 5.73 Å². The van der Waals surface area contributed by atoms with Crippen LogP contribution in [0.2, 0.25) is 0 Å². The number of hydrogen-bond acceptors (Lipinski definition) is 3. The van der Waals surface area contributed by atoms with Crippen LogP contribution in [0.5, 0.6) is 0 Å². The molecule has 2 aromatic carbocycles. The maximum Gasteiger partial charge on any atom is 0.265 e. The van der Waals surface area contributed by atoms with Gasteiger partial charge in [0.2, 0.25) is 5.91 Å². The van der Waals surface area contributed by atoms with Crippen LogP contribution in [0.1, 0.15) is 21.5 Å². The third-order valence-corrected chi connectivity index (χ3v) is 3.44. The number of anilines is 1. The van der Waals surface area contributed by atoms with E-state index in [1.54, 1.807) is 24.3 Å². The lowest BCUT2D eigenvalue weighted by Crippen LogP contribution is -2.41. The molecule has 0 radical (unpaired) electrons. The molecule has 0 aliphatic carbocycles. The molecule has 0 fully saturated rings. The second-order valence-corrected chi connectivity index (χ2v) is 4.72. The number of rotatable bonds is 1. The van der Waals surface area contributed by atoms with Gasteiger partial charge in [0.25, 0.3) is 5.91 Å². The first-order valence-corrected chi connectivity index (χ1v) is 6.66. The number of hydrogen-bond donors (Lipinski definition) is 1. The molecular formula is C17H14N2O2. The zero-order chi connectivity index (χ0) is 14.8. The highest BCUT2D eigenvalue weighted by molar-refractivity contribution is 6.24. The molecule has 2 amide bonds. The van der Waals surface area contributed by atoms with Gasteiger partial charge < -0.3 is 5.73 Å². The Hall–Kier alpha value is -2.72. The Labute approximate surface area is 122 Å². The second-order valence-electron chi connectivity index (χ2n) is 4.72. The number of imide groups is 1. The lowest BCUT2D eigenvalue weighted by atomic mass is 10.0. The number of para-hydroxylation sites is 1. The third kappa shape index (κ3) is 2.26. The molecule has 3 rings (SSSR count). The Morgan fingerprint density at radius 3 is 2.33 bits per heavy atom. The summed E-state index contributed by atoms with van der Waals surface area (Å²) >= 11 is 0. The molecule has 1 heterocycles. The first kappa shape index (κ1) is 13.3. The van der Waals surface area contributed by atoms with Crippen molar-refractivity contribution in [3.63, 3.8) is 0 Å². The molecule has 0 atom stereocenters. The van der Waals surface area contributed by atoms with Crippen LogP contribution in [0.4, 0.5) is 5.69 Å². The van der Waals surface area contributed by atoms with Crippen LogP contribution in [-0.2, 0) is 4.79 Å². The van der Waals surface area contributed by atoms with E-state index in [1.807, 2.05) is 36.4 Å². The van der Waals surface area contributed by atoms with Gasteiger partial charge in [-0.1, -0.05) is 48.6 Å². The van der Waals surface area contributed by atoms with Gasteiger partial charge in [-0.15, -0.1) is 0 Å². The number of benzene rings is 2. The molecule has 0 saturated heterocycles. The van der Waals surface area contributed by atoms with Gasteiger partial charge in [0.05, 0.1) is 12.2 Å². The van der Waals surface area contributed by atoms with Crippen LogP contribution in [0.3, 0.4) is 0 Å². The molecule has 2 N–H and O–H groups in total. The third-order valence-electron chi connectivity index (χ3n) is 3.44. The van der Waals surface area contributed by atoms with E-state index in [-0.39, 0.29) is 12.5 Å². The maximum atomic E-state index is 12.8. The maximum absolute atomic E-state index is 12.8. The minimum atomic E-state index is -0.419. The molecule has 0 saturated carbocycles. The molecule has 0 spiro atoms. The molecule has 4 nitrogen and oxygen atoms in total. The lowest BCUT2D eigenvalue weighted by molar-refractivity contribution is -0.116. The van der Waals surface area contributed by atoms with Crippen LogP contribution >= 0.6 is 0 Å². The van der Waals surface area contributed by atoms with Crippen molar-refractivity contribution < 1.29 is 9.59 Å². The monoisotopic (exact) mass is 278 g/mol. The van der Waals surface area contributed by atoms with E-state index in [2.05, 4.69) is 0 Å². The molecule has 0 bridgehead atoms. The van der Waals surface area contributed by atoms with Crippen molar-refractivity contribution >= 4 is 29.7 Å². The van der Waals surface area contributed by atoms with Crippen molar-refractivity contribution in [1.82, 2.24) is 0 Å². The predicted molar refractivity (Wildman–Crippen MR) is 82.7 cm³/mol. The zero-order valence-electron chi connectivity index (χ0n) is 11.3. The second kappa shape index (κ2) is 5.34. The summed E-state index contributed by atoms with van der Waals surface area (Å²) in [5.41, 5.74) is 8.11. The standard InChI is InChI=1S/C17H14N2O2/c18-11-16(20)19-15-8-4-2-6-13(15)10-9-12-5-1-3-7-14(12)17(19)21/h1-10H,11,18H2/b10-9-. The van der Waals surface area contributed by atoms with E-state index in [0.717, 1.165) is 16.0 Å². The van der Waals surface area contributed by atoms with Gasteiger partial charge in [-0.25, -0.2) is 4.90 Å². The Kier molecular flexibility index (Phi) is 3.38. The summed E-state index contributed by atoms with van der Waals surface area (Å²) in [6.45, 7) is -0.216. The van der Waals surface area contributed by atoms with Gasteiger partial charge >= 0.3 is 0 Å². The lowest BCUT2D eigenvalue weighted by Gasteiger charge is -2.24. The number of fused-ring (bicyclic) bond motifs is 2. The van der Waals surface area contributed by atoms with E-state index < -0.39 is 5.91 Å². The highest BCUT2D eigenvalue weighted by Crippen LogP contribution is 2.28. The first-order chi connectivity index (χ1) is 10.2. The van der Waals surface area contributed by atoms with Crippen molar-refractivity contribution in [2.45, 2.75) is 0 Å². The number of amides is 2. The topological polar surface area (TPSA) is 63.4 Å². The van der Waals surface area contributed by atoms with E-state index >= 15 is 0 Å². The molecule has 1 aliphatic heterocycles. The van der Waals surface area contributed by atoms with Gasteiger partial charge in [0.1, 0.15) is 0 Å². The van der Waals surface area contributed by atoms with Gasteiger partial charge in [0, 0.05) is 5.56 Å². The molecule has 4 heteroatoms. The van der Waals surface area contributed by atoms with Crippen LogP contribution in [0, 0.1) is 0 Å². The summed E-state index contributed by atoms with van der Waals surface area (Å²) in [7, 11) is 0. The van der Waals surface area contributed by atoms with E-state index in [4.69, 9.17) is 5.73 Å². The fourth-order valence-corrected chi connectivity index (χ4v) is 2.42. The minimum Gasteiger partial charge on any atom is -0.322 e. The summed E-state index contributed by atoms with van der Waals surface area (Å²) < 4.78 is 0. The molecule has 2 aromatic rings. The highest BCUT2D eigenvalue weighted by Gasteiger charge is 2.27. The summed E-state index contributed by atoms with van der Waals surface area (Å²) in [4.78, 5) is 26.1. The number of carbonyl (C=O) groups is 2. The number of carbonyl (C=O) groups excluding carboxylic acids is 2. The van der Waals surface area contributed by atoms with Crippen molar-refractivity contribution in [3.8, 4) is 0 Å². The first-order valence-electron chi connectivity index (χ1n) is 6.66. The summed E-state index contributed by atoms with van der Waals surface area (Å²) in [6, 6.07) is 14.5. The Balaban J connectivity index is 2.27. The smallest absolute Gasteiger partial charge is 0.265 e. The van der Waals surface area contributed by atoms with E-state index in [9.17, 15) is 9.59 Å². The summed E-state index contributed by atoms with van der Waals surface area (Å²) in [5, 5.41) is 0. The van der Waals surface area contributed by atoms with Crippen LogP contribution < -0.4 is 10.6 Å². The molecule has 21 heavy (non-hydrogen) atoms.